The lowest BCUT2D eigenvalue weighted by atomic mass is 10.1. The highest BCUT2D eigenvalue weighted by molar-refractivity contribution is 7.13. The van der Waals surface area contributed by atoms with Gasteiger partial charge < -0.3 is 10.1 Å². The lowest BCUT2D eigenvalue weighted by molar-refractivity contribution is -0.143. The molecule has 0 saturated carbocycles. The zero-order valence-electron chi connectivity index (χ0n) is 13.1. The van der Waals surface area contributed by atoms with E-state index >= 15 is 0 Å². The summed E-state index contributed by atoms with van der Waals surface area (Å²) in [4.78, 5) is 29.7. The van der Waals surface area contributed by atoms with Crippen LogP contribution in [0.25, 0.3) is 10.9 Å². The Kier molecular flexibility index (Phi) is 4.86. The number of amides is 1. The van der Waals surface area contributed by atoms with E-state index in [-0.39, 0.29) is 19.1 Å². The molecule has 0 aliphatic heterocycles. The number of pyridine rings is 1. The van der Waals surface area contributed by atoms with Gasteiger partial charge in [0.2, 0.25) is 0 Å². The molecule has 3 rings (SSSR count). The Morgan fingerprint density at radius 1 is 1.17 bits per heavy atom. The molecule has 0 fully saturated rings. The largest absolute Gasteiger partial charge is 0.459 e. The topological polar surface area (TPSA) is 68.3 Å². The number of para-hydroxylation sites is 1. The third-order valence-corrected chi connectivity index (χ3v) is 4.46. The van der Waals surface area contributed by atoms with E-state index in [0.717, 1.165) is 21.3 Å². The van der Waals surface area contributed by atoms with Crippen molar-refractivity contribution in [1.82, 2.24) is 10.3 Å². The first-order chi connectivity index (χ1) is 11.6. The van der Waals surface area contributed by atoms with E-state index in [2.05, 4.69) is 10.3 Å². The first-order valence-electron chi connectivity index (χ1n) is 7.46. The van der Waals surface area contributed by atoms with E-state index in [4.69, 9.17) is 4.74 Å². The van der Waals surface area contributed by atoms with Crippen LogP contribution in [0.2, 0.25) is 0 Å². The van der Waals surface area contributed by atoms with Crippen molar-refractivity contribution in [3.05, 3.63) is 64.0 Å². The molecule has 2 heterocycles. The molecule has 3 aromatic rings. The number of hydrogen-bond donors (Lipinski definition) is 1. The van der Waals surface area contributed by atoms with E-state index < -0.39 is 5.97 Å². The van der Waals surface area contributed by atoms with Gasteiger partial charge in [-0.3, -0.25) is 14.6 Å². The number of carbonyl (C=O) groups excluding carboxylic acids is 2. The number of nitrogens with one attached hydrogen (secondary N) is 1. The van der Waals surface area contributed by atoms with Crippen LogP contribution in [0.3, 0.4) is 0 Å². The quantitative estimate of drug-likeness (QED) is 0.725. The Balaban J connectivity index is 1.54. The molecule has 1 aromatic carbocycles. The number of benzene rings is 1. The highest BCUT2D eigenvalue weighted by Gasteiger charge is 2.11. The summed E-state index contributed by atoms with van der Waals surface area (Å²) in [6.45, 7) is 1.89. The fourth-order valence-corrected chi connectivity index (χ4v) is 3.07. The molecule has 0 atom stereocenters. The van der Waals surface area contributed by atoms with E-state index in [1.807, 2.05) is 43.3 Å². The second kappa shape index (κ2) is 7.23. The summed E-state index contributed by atoms with van der Waals surface area (Å²) in [6.07, 6.45) is 1.71. The average Bonchev–Trinajstić information content (AvgIpc) is 3.04. The Morgan fingerprint density at radius 3 is 2.79 bits per heavy atom. The molecule has 0 aliphatic rings. The van der Waals surface area contributed by atoms with Gasteiger partial charge in [-0.1, -0.05) is 24.3 Å². The number of aromatic nitrogens is 1. The smallest absolute Gasteiger partial charge is 0.325 e. The van der Waals surface area contributed by atoms with Gasteiger partial charge in [-0.2, -0.15) is 0 Å². The molecule has 122 valence electrons. The maximum absolute atomic E-state index is 11.9. The molecular formula is C18H16N2O3S. The van der Waals surface area contributed by atoms with Crippen LogP contribution >= 0.6 is 11.3 Å². The Hall–Kier alpha value is -2.73. The monoisotopic (exact) mass is 340 g/mol. The van der Waals surface area contributed by atoms with Gasteiger partial charge >= 0.3 is 5.97 Å². The molecule has 1 N–H and O–H groups in total. The maximum atomic E-state index is 11.9. The molecule has 0 saturated heterocycles. The SMILES string of the molecule is Cc1ccc(C(=O)NCC(=O)OCc2cccc3cccnc23)s1. The molecule has 24 heavy (non-hydrogen) atoms. The zero-order valence-corrected chi connectivity index (χ0v) is 13.9. The highest BCUT2D eigenvalue weighted by Crippen LogP contribution is 2.17. The standard InChI is InChI=1S/C18H16N2O3S/c1-12-7-8-15(24-12)18(22)20-10-16(21)23-11-14-5-2-4-13-6-3-9-19-17(13)14/h2-9H,10-11H2,1H3,(H,20,22). The number of fused-ring (bicyclic) bond motifs is 1. The van der Waals surface area contributed by atoms with Gasteiger partial charge in [-0.25, -0.2) is 0 Å². The van der Waals surface area contributed by atoms with Gasteiger partial charge in [0, 0.05) is 22.0 Å². The maximum Gasteiger partial charge on any atom is 0.325 e. The Morgan fingerprint density at radius 2 is 2.00 bits per heavy atom. The fraction of sp³-hybridized carbons (Fsp3) is 0.167. The fourth-order valence-electron chi connectivity index (χ4n) is 2.29. The van der Waals surface area contributed by atoms with Crippen LogP contribution in [-0.4, -0.2) is 23.4 Å². The molecule has 6 heteroatoms. The van der Waals surface area contributed by atoms with E-state index in [0.29, 0.717) is 4.88 Å². The van der Waals surface area contributed by atoms with Crippen LogP contribution in [0.5, 0.6) is 0 Å². The summed E-state index contributed by atoms with van der Waals surface area (Å²) >= 11 is 1.39. The highest BCUT2D eigenvalue weighted by atomic mass is 32.1. The van der Waals surface area contributed by atoms with Crippen LogP contribution < -0.4 is 5.32 Å². The number of ether oxygens (including phenoxy) is 1. The van der Waals surface area contributed by atoms with Crippen molar-refractivity contribution >= 4 is 34.1 Å². The molecule has 0 aliphatic carbocycles. The predicted molar refractivity (Wildman–Crippen MR) is 92.9 cm³/mol. The summed E-state index contributed by atoms with van der Waals surface area (Å²) in [6, 6.07) is 13.1. The number of rotatable bonds is 5. The van der Waals surface area contributed by atoms with Crippen LogP contribution in [-0.2, 0) is 16.1 Å². The third-order valence-electron chi connectivity index (χ3n) is 3.46. The summed E-state index contributed by atoms with van der Waals surface area (Å²) in [5.74, 6) is -0.749. The van der Waals surface area contributed by atoms with Crippen molar-refractivity contribution in [3.63, 3.8) is 0 Å². The molecule has 0 radical (unpaired) electrons. The molecule has 2 aromatic heterocycles. The number of carbonyl (C=O) groups is 2. The molecule has 0 unspecified atom stereocenters. The van der Waals surface area contributed by atoms with E-state index in [9.17, 15) is 9.59 Å². The molecule has 5 nitrogen and oxygen atoms in total. The van der Waals surface area contributed by atoms with Gasteiger partial charge in [0.25, 0.3) is 5.91 Å². The molecule has 1 amide bonds. The van der Waals surface area contributed by atoms with E-state index in [1.54, 1.807) is 12.3 Å². The molecule has 0 bridgehead atoms. The second-order valence-corrected chi connectivity index (χ2v) is 6.53. The summed E-state index contributed by atoms with van der Waals surface area (Å²) < 4.78 is 5.24. The minimum absolute atomic E-state index is 0.126. The van der Waals surface area contributed by atoms with Gasteiger partial charge in [0.05, 0.1) is 10.4 Å². The number of esters is 1. The molecular weight excluding hydrogens is 324 g/mol. The number of thiophene rings is 1. The minimum Gasteiger partial charge on any atom is -0.459 e. The summed E-state index contributed by atoms with van der Waals surface area (Å²) in [5.41, 5.74) is 1.65. The van der Waals surface area contributed by atoms with Gasteiger partial charge in [0.1, 0.15) is 13.2 Å². The first-order valence-corrected chi connectivity index (χ1v) is 8.28. The number of nitrogens with zero attached hydrogens (tertiary/aromatic N) is 1. The van der Waals surface area contributed by atoms with Crippen molar-refractivity contribution in [1.29, 1.82) is 0 Å². The summed E-state index contributed by atoms with van der Waals surface area (Å²) in [7, 11) is 0. The average molecular weight is 340 g/mol. The lowest BCUT2D eigenvalue weighted by Crippen LogP contribution is -2.30. The van der Waals surface area contributed by atoms with E-state index in [1.165, 1.54) is 11.3 Å². The van der Waals surface area contributed by atoms with Gasteiger partial charge in [-0.15, -0.1) is 11.3 Å². The van der Waals surface area contributed by atoms with Crippen LogP contribution in [0.4, 0.5) is 0 Å². The van der Waals surface area contributed by atoms with Crippen molar-refractivity contribution < 1.29 is 14.3 Å². The second-order valence-electron chi connectivity index (χ2n) is 5.25. The van der Waals surface area contributed by atoms with Crippen molar-refractivity contribution in [3.8, 4) is 0 Å². The van der Waals surface area contributed by atoms with Gasteiger partial charge in [0.15, 0.2) is 0 Å². The zero-order chi connectivity index (χ0) is 16.9. The number of hydrogen-bond acceptors (Lipinski definition) is 5. The van der Waals surface area contributed by atoms with Crippen LogP contribution in [0.1, 0.15) is 20.1 Å². The Bertz CT molecular complexity index is 883. The Labute approximate surface area is 143 Å². The lowest BCUT2D eigenvalue weighted by Gasteiger charge is -2.08. The van der Waals surface area contributed by atoms with Gasteiger partial charge in [-0.05, 0) is 25.1 Å². The van der Waals surface area contributed by atoms with Crippen molar-refractivity contribution in [2.75, 3.05) is 6.54 Å². The predicted octanol–water partition coefficient (Wildman–Crippen LogP) is 3.08. The minimum atomic E-state index is -0.482. The third kappa shape index (κ3) is 3.78. The normalized spacial score (nSPS) is 10.5. The first kappa shape index (κ1) is 16.1. The van der Waals surface area contributed by atoms with Crippen molar-refractivity contribution in [2.24, 2.45) is 0 Å². The summed E-state index contributed by atoms with van der Waals surface area (Å²) in [5, 5.41) is 3.56. The number of aryl methyl sites for hydroxylation is 1. The molecule has 0 spiro atoms. The van der Waals surface area contributed by atoms with Crippen molar-refractivity contribution in [2.45, 2.75) is 13.5 Å². The van der Waals surface area contributed by atoms with Crippen LogP contribution in [0.15, 0.2) is 48.7 Å². The van der Waals surface area contributed by atoms with Crippen LogP contribution in [0, 0.1) is 6.92 Å².